The molecular weight excluding hydrogens is 1250 g/mol. The summed E-state index contributed by atoms with van der Waals surface area (Å²) >= 11 is 3.93. The van der Waals surface area contributed by atoms with Gasteiger partial charge in [0.15, 0.2) is 0 Å². The molecule has 0 aliphatic carbocycles. The fourth-order valence-electron chi connectivity index (χ4n) is 11.2. The van der Waals surface area contributed by atoms with Gasteiger partial charge in [0.25, 0.3) is 0 Å². The Morgan fingerprint density at radius 2 is 0.487 bits per heavy atom. The van der Waals surface area contributed by atoms with Crippen molar-refractivity contribution < 1.29 is 0 Å². The predicted molar refractivity (Wildman–Crippen MR) is 383 cm³/mol. The second kappa shape index (κ2) is 48.0. The van der Waals surface area contributed by atoms with Crippen molar-refractivity contribution in [3.05, 3.63) is 76.8 Å². The Labute approximate surface area is 523 Å². The van der Waals surface area contributed by atoms with E-state index in [-0.39, 0.29) is 0 Å². The summed E-state index contributed by atoms with van der Waals surface area (Å²) in [4.78, 5) is 21.6. The first kappa shape index (κ1) is 74.1. The average Bonchev–Trinajstić information content (AvgIpc) is 4.27. The first-order valence-electron chi connectivity index (χ1n) is 34.7. The van der Waals surface area contributed by atoms with Crippen LogP contribution in [-0.4, -0.2) is 36.8 Å². The van der Waals surface area contributed by atoms with Gasteiger partial charge in [-0.2, -0.15) is 0 Å². The number of thiophene rings is 4. The van der Waals surface area contributed by atoms with Crippen molar-refractivity contribution in [3.63, 3.8) is 0 Å². The summed E-state index contributed by atoms with van der Waals surface area (Å²) in [6, 6.07) is 10.0. The van der Waals surface area contributed by atoms with E-state index in [1.807, 2.05) is 22.7 Å². The number of rotatable bonds is 50. The van der Waals surface area contributed by atoms with Gasteiger partial charge in [0.1, 0.15) is 0 Å². The van der Waals surface area contributed by atoms with Crippen molar-refractivity contribution >= 4 is 112 Å². The summed E-state index contributed by atoms with van der Waals surface area (Å²) < 4.78 is 3.51. The zero-order chi connectivity index (χ0) is 57.8. The SMILES string of the molecule is CCCCCCCCCCCCc1c[c]([Sn]([CH3])([CH3])[CH3])sc1/C=C/c1s[c]([Sn]([CH3])([CH3])[CH3])cc1CCCCCCCCCCCC.CCCCCCCCCCCCc1ccsc1/C=C/c1sccc1CCCCCCCCCCCC. The van der Waals surface area contributed by atoms with E-state index in [9.17, 15) is 0 Å². The van der Waals surface area contributed by atoms with Crippen LogP contribution in [0.15, 0.2) is 35.0 Å². The van der Waals surface area contributed by atoms with Crippen molar-refractivity contribution in [2.24, 2.45) is 0 Å². The molecule has 456 valence electrons. The standard InChI is InChI=1S/C34H56S2.C34H54S2.6CH3.2Sn/c2*1-3-5-7-9-11-13-15-17-19-21-23-31-27-29-35-33(31)25-26-34-32(28-30-36-34)24-22-20-18-16-14-12-10-8-6-4-2;;;;;;;;/h25-30H,3-24H2,1-2H3;25-28H,3-24H2,1-2H3;6*1H3;;/b2*26-25+;;;;;;;;. The minimum atomic E-state index is -2.09. The minimum Gasteiger partial charge on any atom is -0.144 e. The Morgan fingerprint density at radius 3 is 0.725 bits per heavy atom. The van der Waals surface area contributed by atoms with Gasteiger partial charge in [-0.25, -0.2) is 0 Å². The second-order valence-electron chi connectivity index (χ2n) is 26.5. The molecular formula is C74H128S4Sn2. The summed E-state index contributed by atoms with van der Waals surface area (Å²) in [6.07, 6.45) is 71.6. The van der Waals surface area contributed by atoms with Gasteiger partial charge in [-0.1, -0.05) is 169 Å². The Kier molecular flexibility index (Phi) is 44.4. The van der Waals surface area contributed by atoms with Crippen molar-refractivity contribution in [3.8, 4) is 0 Å². The Bertz CT molecular complexity index is 1950. The zero-order valence-electron chi connectivity index (χ0n) is 54.5. The second-order valence-corrected chi connectivity index (χ2v) is 61.4. The summed E-state index contributed by atoms with van der Waals surface area (Å²) in [5.74, 6) is 0. The molecule has 80 heavy (non-hydrogen) atoms. The fourth-order valence-corrected chi connectivity index (χ4v) is 25.8. The predicted octanol–water partition coefficient (Wildman–Crippen LogP) is 26.9. The fraction of sp³-hybridized carbons (Fsp3) is 0.730. The van der Waals surface area contributed by atoms with Crippen LogP contribution in [0.4, 0.5) is 0 Å². The zero-order valence-corrected chi connectivity index (χ0v) is 63.5. The van der Waals surface area contributed by atoms with E-state index in [1.165, 1.54) is 292 Å². The molecule has 0 atom stereocenters. The van der Waals surface area contributed by atoms with Crippen LogP contribution in [0, 0.1) is 0 Å². The van der Waals surface area contributed by atoms with Gasteiger partial charge in [0.2, 0.25) is 0 Å². The molecule has 0 spiro atoms. The quantitative estimate of drug-likeness (QED) is 0.0305. The van der Waals surface area contributed by atoms with Gasteiger partial charge in [0, 0.05) is 9.75 Å². The summed E-state index contributed by atoms with van der Waals surface area (Å²) in [5, 5.41) is 4.56. The van der Waals surface area contributed by atoms with Crippen LogP contribution < -0.4 is 5.79 Å². The third-order valence-electron chi connectivity index (χ3n) is 16.7. The van der Waals surface area contributed by atoms with Crippen molar-refractivity contribution in [2.75, 3.05) is 0 Å². The molecule has 0 amide bonds. The van der Waals surface area contributed by atoms with Gasteiger partial charge in [-0.05, 0) is 71.9 Å². The molecule has 0 aromatic carbocycles. The van der Waals surface area contributed by atoms with Crippen LogP contribution in [0.25, 0.3) is 24.3 Å². The summed E-state index contributed by atoms with van der Waals surface area (Å²) in [6.45, 7) is 9.22. The molecule has 0 saturated heterocycles. The van der Waals surface area contributed by atoms with Crippen LogP contribution in [0.1, 0.15) is 326 Å². The van der Waals surface area contributed by atoms with Crippen molar-refractivity contribution in [2.45, 2.75) is 340 Å². The summed E-state index contributed by atoms with van der Waals surface area (Å²) in [5.41, 5.74) is 6.41. The van der Waals surface area contributed by atoms with Crippen LogP contribution in [0.5, 0.6) is 0 Å². The van der Waals surface area contributed by atoms with Crippen LogP contribution in [-0.2, 0) is 25.7 Å². The molecule has 0 bridgehead atoms. The van der Waals surface area contributed by atoms with E-state index in [0.717, 1.165) is 0 Å². The summed E-state index contributed by atoms with van der Waals surface area (Å²) in [7, 11) is 0. The molecule has 0 saturated carbocycles. The third kappa shape index (κ3) is 35.5. The van der Waals surface area contributed by atoms with Gasteiger partial charge < -0.3 is 0 Å². The van der Waals surface area contributed by atoms with Gasteiger partial charge in [0.05, 0.1) is 0 Å². The molecule has 0 N–H and O–H groups in total. The molecule has 6 heteroatoms. The molecule has 0 aliphatic rings. The molecule has 0 radical (unpaired) electrons. The van der Waals surface area contributed by atoms with Gasteiger partial charge in [-0.3, -0.25) is 0 Å². The molecule has 0 unspecified atom stereocenters. The number of unbranched alkanes of at least 4 members (excludes halogenated alkanes) is 36. The Morgan fingerprint density at radius 1 is 0.275 bits per heavy atom. The molecule has 4 aromatic heterocycles. The average molecular weight is 1380 g/mol. The van der Waals surface area contributed by atoms with E-state index in [0.29, 0.717) is 0 Å². The van der Waals surface area contributed by atoms with Crippen LogP contribution in [0.2, 0.25) is 29.6 Å². The Hall–Kier alpha value is -0.123. The molecule has 4 heterocycles. The Balaban J connectivity index is 0.000000429. The molecule has 0 nitrogen and oxygen atoms in total. The number of aryl methyl sites for hydroxylation is 4. The first-order valence-corrected chi connectivity index (χ1v) is 58.0. The van der Waals surface area contributed by atoms with Crippen LogP contribution >= 0.6 is 45.3 Å². The van der Waals surface area contributed by atoms with Crippen LogP contribution in [0.3, 0.4) is 0 Å². The van der Waals surface area contributed by atoms with Crippen molar-refractivity contribution in [1.29, 1.82) is 0 Å². The monoisotopic (exact) mass is 1380 g/mol. The molecule has 0 fully saturated rings. The smallest absolute Gasteiger partial charge is 0.144 e. The molecule has 0 aliphatic heterocycles. The maximum atomic E-state index is 2.64. The maximum absolute atomic E-state index is 2.64. The van der Waals surface area contributed by atoms with E-state index in [2.05, 4.69) is 139 Å². The normalized spacial score (nSPS) is 12.2. The van der Waals surface area contributed by atoms with E-state index >= 15 is 0 Å². The topological polar surface area (TPSA) is 0 Å². The third-order valence-corrected chi connectivity index (χ3v) is 39.7. The minimum absolute atomic E-state index is 1.25. The molecule has 4 aromatic rings. The first-order chi connectivity index (χ1) is 38.9. The van der Waals surface area contributed by atoms with E-state index < -0.39 is 36.8 Å². The van der Waals surface area contributed by atoms with Gasteiger partial charge in [-0.15, -0.1) is 22.7 Å². The number of hydrogen-bond donors (Lipinski definition) is 0. The van der Waals surface area contributed by atoms with E-state index in [1.54, 1.807) is 37.8 Å². The molecule has 4 rings (SSSR count). The van der Waals surface area contributed by atoms with E-state index in [4.69, 9.17) is 0 Å². The van der Waals surface area contributed by atoms with Crippen molar-refractivity contribution in [1.82, 2.24) is 0 Å². The number of hydrogen-bond acceptors (Lipinski definition) is 4. The van der Waals surface area contributed by atoms with Gasteiger partial charge >= 0.3 is 256 Å².